The lowest BCUT2D eigenvalue weighted by Gasteiger charge is -2.65. The Balaban J connectivity index is 1.50. The van der Waals surface area contributed by atoms with Gasteiger partial charge in [-0.3, -0.25) is 0 Å². The lowest BCUT2D eigenvalue weighted by atomic mass is 9.43. The molecule has 0 saturated heterocycles. The van der Waals surface area contributed by atoms with Gasteiger partial charge in [0.25, 0.3) is 0 Å². The number of nitrogens with one attached hydrogen (secondary N) is 1. The summed E-state index contributed by atoms with van der Waals surface area (Å²) in [7, 11) is 0. The Morgan fingerprint density at radius 3 is 2.11 bits per heavy atom. The zero-order chi connectivity index (χ0) is 13.1. The molecule has 5 fully saturated rings. The molecule has 0 spiro atoms. The monoisotopic (exact) mass is 261 g/mol. The van der Waals surface area contributed by atoms with E-state index >= 15 is 0 Å². The molecular formula is C18H31N. The first-order chi connectivity index (χ1) is 8.99. The highest BCUT2D eigenvalue weighted by Crippen LogP contribution is 2.66. The molecule has 0 aromatic rings. The molecule has 0 radical (unpaired) electrons. The maximum atomic E-state index is 4.12. The second kappa shape index (κ2) is 4.00. The van der Waals surface area contributed by atoms with E-state index in [2.05, 4.69) is 19.2 Å². The molecule has 108 valence electrons. The predicted octanol–water partition coefficient (Wildman–Crippen LogP) is 4.52. The van der Waals surface area contributed by atoms with Crippen LogP contribution in [0.5, 0.6) is 0 Å². The van der Waals surface area contributed by atoms with Gasteiger partial charge in [-0.1, -0.05) is 26.7 Å². The van der Waals surface area contributed by atoms with Gasteiger partial charge in [0.1, 0.15) is 0 Å². The van der Waals surface area contributed by atoms with E-state index in [0.29, 0.717) is 16.4 Å². The second-order valence-electron chi connectivity index (χ2n) is 9.44. The molecule has 19 heavy (non-hydrogen) atoms. The van der Waals surface area contributed by atoms with Gasteiger partial charge < -0.3 is 5.32 Å². The first kappa shape index (κ1) is 12.7. The van der Waals surface area contributed by atoms with Gasteiger partial charge >= 0.3 is 0 Å². The van der Waals surface area contributed by atoms with Gasteiger partial charge in [0.2, 0.25) is 0 Å². The van der Waals surface area contributed by atoms with Gasteiger partial charge in [-0.05, 0) is 80.6 Å². The van der Waals surface area contributed by atoms with Crippen LogP contribution in [0.1, 0.15) is 78.1 Å². The van der Waals surface area contributed by atoms with Crippen molar-refractivity contribution in [1.29, 1.82) is 0 Å². The smallest absolute Gasteiger partial charge is 0.0194 e. The zero-order valence-electron chi connectivity index (χ0n) is 12.9. The Bertz CT molecular complexity index is 350. The predicted molar refractivity (Wildman–Crippen MR) is 80.1 cm³/mol. The molecule has 1 N–H and O–H groups in total. The highest BCUT2D eigenvalue weighted by atomic mass is 15.0. The first-order valence-corrected chi connectivity index (χ1v) is 8.74. The van der Waals surface area contributed by atoms with E-state index in [0.717, 1.165) is 11.8 Å². The maximum Gasteiger partial charge on any atom is 0.0194 e. The van der Waals surface area contributed by atoms with Crippen LogP contribution >= 0.6 is 0 Å². The summed E-state index contributed by atoms with van der Waals surface area (Å²) >= 11 is 0. The number of hydrogen-bond donors (Lipinski definition) is 1. The average Bonchev–Trinajstić information content (AvgIpc) is 2.73. The summed E-state index contributed by atoms with van der Waals surface area (Å²) in [5.41, 5.74) is 1.86. The van der Waals surface area contributed by atoms with Gasteiger partial charge in [0.15, 0.2) is 0 Å². The van der Waals surface area contributed by atoms with Crippen molar-refractivity contribution in [2.24, 2.45) is 22.7 Å². The van der Waals surface area contributed by atoms with Crippen molar-refractivity contribution in [3.05, 3.63) is 0 Å². The molecule has 5 aliphatic carbocycles. The topological polar surface area (TPSA) is 12.0 Å². The van der Waals surface area contributed by atoms with Crippen LogP contribution < -0.4 is 5.32 Å². The molecule has 0 aromatic carbocycles. The maximum absolute atomic E-state index is 4.12. The average molecular weight is 261 g/mol. The second-order valence-corrected chi connectivity index (χ2v) is 9.44. The fraction of sp³-hybridized carbons (Fsp3) is 1.00. The fourth-order valence-electron chi connectivity index (χ4n) is 7.22. The summed E-state index contributed by atoms with van der Waals surface area (Å²) in [5, 5.41) is 4.12. The van der Waals surface area contributed by atoms with Crippen LogP contribution in [0.3, 0.4) is 0 Å². The highest BCUT2D eigenvalue weighted by molar-refractivity contribution is 5.14. The summed E-state index contributed by atoms with van der Waals surface area (Å²) in [4.78, 5) is 0. The fourth-order valence-corrected chi connectivity index (χ4v) is 7.22. The molecule has 2 unspecified atom stereocenters. The minimum absolute atomic E-state index is 0.533. The van der Waals surface area contributed by atoms with Gasteiger partial charge in [0, 0.05) is 5.54 Å². The third-order valence-corrected chi connectivity index (χ3v) is 6.87. The Hall–Kier alpha value is -0.0400. The normalized spacial score (nSPS) is 53.1. The van der Waals surface area contributed by atoms with Crippen LogP contribution in [0.25, 0.3) is 0 Å². The van der Waals surface area contributed by atoms with Crippen molar-refractivity contribution in [1.82, 2.24) is 5.32 Å². The molecule has 1 heteroatoms. The molecule has 0 aliphatic heterocycles. The molecular weight excluding hydrogens is 230 g/mol. The van der Waals surface area contributed by atoms with E-state index < -0.39 is 0 Å². The van der Waals surface area contributed by atoms with Gasteiger partial charge in [-0.25, -0.2) is 0 Å². The van der Waals surface area contributed by atoms with E-state index in [4.69, 9.17) is 0 Å². The molecule has 0 amide bonds. The van der Waals surface area contributed by atoms with E-state index in [1.165, 1.54) is 70.8 Å². The summed E-state index contributed by atoms with van der Waals surface area (Å²) in [6.07, 6.45) is 14.9. The summed E-state index contributed by atoms with van der Waals surface area (Å²) in [5.74, 6) is 2.02. The van der Waals surface area contributed by atoms with Crippen molar-refractivity contribution in [2.75, 3.05) is 6.54 Å². The van der Waals surface area contributed by atoms with Crippen molar-refractivity contribution in [3.8, 4) is 0 Å². The van der Waals surface area contributed by atoms with Crippen molar-refractivity contribution < 1.29 is 0 Å². The minimum atomic E-state index is 0.533. The molecule has 4 bridgehead atoms. The van der Waals surface area contributed by atoms with Crippen LogP contribution in [0.15, 0.2) is 0 Å². The summed E-state index contributed by atoms with van der Waals surface area (Å²) in [6, 6.07) is 0. The quantitative estimate of drug-likeness (QED) is 0.788. The molecule has 1 nitrogen and oxygen atoms in total. The largest absolute Gasteiger partial charge is 0.311 e. The molecule has 5 aliphatic rings. The van der Waals surface area contributed by atoms with E-state index in [-0.39, 0.29) is 0 Å². The molecule has 2 atom stereocenters. The highest BCUT2D eigenvalue weighted by Gasteiger charge is 2.59. The zero-order valence-corrected chi connectivity index (χ0v) is 12.9. The summed E-state index contributed by atoms with van der Waals surface area (Å²) < 4.78 is 0. The first-order valence-electron chi connectivity index (χ1n) is 8.74. The van der Waals surface area contributed by atoms with E-state index in [1.54, 1.807) is 0 Å². The summed E-state index contributed by atoms with van der Waals surface area (Å²) in [6.45, 7) is 6.49. The van der Waals surface area contributed by atoms with Crippen LogP contribution in [0, 0.1) is 22.7 Å². The Labute approximate surface area is 118 Å². The Kier molecular flexibility index (Phi) is 2.67. The van der Waals surface area contributed by atoms with Crippen LogP contribution in [0.4, 0.5) is 0 Å². The van der Waals surface area contributed by atoms with Crippen molar-refractivity contribution in [2.45, 2.75) is 83.6 Å². The SMILES string of the molecule is CC12CC3CC(C)(C1)CC(NCC1CCCC1)(C3)C2. The standard InChI is InChI=1S/C18H31N/c1-16-7-15-8-17(2,11-16)13-18(9-15,12-16)19-10-14-5-3-4-6-14/h14-15,19H,3-13H2,1-2H3. The lowest BCUT2D eigenvalue weighted by Crippen LogP contribution is -2.64. The molecule has 5 rings (SSSR count). The van der Waals surface area contributed by atoms with Crippen LogP contribution in [0.2, 0.25) is 0 Å². The van der Waals surface area contributed by atoms with Gasteiger partial charge in [0.05, 0.1) is 0 Å². The molecule has 5 saturated carbocycles. The van der Waals surface area contributed by atoms with Gasteiger partial charge in [-0.2, -0.15) is 0 Å². The van der Waals surface area contributed by atoms with E-state index in [9.17, 15) is 0 Å². The minimum Gasteiger partial charge on any atom is -0.311 e. The lowest BCUT2D eigenvalue weighted by molar-refractivity contribution is -0.118. The van der Waals surface area contributed by atoms with Crippen molar-refractivity contribution >= 4 is 0 Å². The third-order valence-electron chi connectivity index (χ3n) is 6.87. The van der Waals surface area contributed by atoms with E-state index in [1.807, 2.05) is 0 Å². The Morgan fingerprint density at radius 2 is 1.53 bits per heavy atom. The molecule has 0 heterocycles. The van der Waals surface area contributed by atoms with Gasteiger partial charge in [-0.15, -0.1) is 0 Å². The number of rotatable bonds is 3. The molecule has 0 aromatic heterocycles. The van der Waals surface area contributed by atoms with Crippen LogP contribution in [-0.2, 0) is 0 Å². The third kappa shape index (κ3) is 2.17. The van der Waals surface area contributed by atoms with Crippen molar-refractivity contribution in [3.63, 3.8) is 0 Å². The Morgan fingerprint density at radius 1 is 0.895 bits per heavy atom. The van der Waals surface area contributed by atoms with Crippen LogP contribution in [-0.4, -0.2) is 12.1 Å². The number of hydrogen-bond acceptors (Lipinski definition) is 1.